The molecule has 17 heavy (non-hydrogen) atoms. The number of rotatable bonds is 4. The van der Waals surface area contributed by atoms with E-state index in [1.807, 2.05) is 0 Å². The molecule has 0 heterocycles. The molecule has 0 aromatic heterocycles. The van der Waals surface area contributed by atoms with Crippen molar-refractivity contribution in [2.24, 2.45) is 5.92 Å². The Balaban J connectivity index is 1.71. The number of aryl methyl sites for hydroxylation is 1. The van der Waals surface area contributed by atoms with Gasteiger partial charge in [-0.15, -0.1) is 0 Å². The predicted molar refractivity (Wildman–Crippen MR) is 69.9 cm³/mol. The molecule has 0 bridgehead atoms. The minimum absolute atomic E-state index is 0.444. The van der Waals surface area contributed by atoms with Crippen LogP contribution in [0.5, 0.6) is 0 Å². The molecule has 2 rings (SSSR count). The molecule has 1 aliphatic carbocycles. The Morgan fingerprint density at radius 3 is 2.76 bits per heavy atom. The normalized spacial score (nSPS) is 17.4. The second-order valence-electron chi connectivity index (χ2n) is 5.10. The van der Waals surface area contributed by atoms with E-state index in [1.54, 1.807) is 0 Å². The third kappa shape index (κ3) is 3.97. The van der Waals surface area contributed by atoms with Crippen molar-refractivity contribution in [3.05, 3.63) is 35.4 Å². The van der Waals surface area contributed by atoms with Gasteiger partial charge in [-0.1, -0.05) is 29.8 Å². The van der Waals surface area contributed by atoms with Crippen molar-refractivity contribution in [2.75, 3.05) is 6.54 Å². The van der Waals surface area contributed by atoms with Gasteiger partial charge in [0.2, 0.25) is 0 Å². The number of hydrogen-bond acceptors (Lipinski definition) is 2. The summed E-state index contributed by atoms with van der Waals surface area (Å²) in [5.74, 6) is 1.14. The highest BCUT2D eigenvalue weighted by Crippen LogP contribution is 2.20. The summed E-state index contributed by atoms with van der Waals surface area (Å²) in [6.07, 6.45) is 3.72. The van der Waals surface area contributed by atoms with E-state index in [2.05, 4.69) is 36.5 Å². The molecule has 1 N–H and O–H groups in total. The van der Waals surface area contributed by atoms with Crippen LogP contribution < -0.4 is 5.32 Å². The van der Waals surface area contributed by atoms with E-state index in [-0.39, 0.29) is 0 Å². The van der Waals surface area contributed by atoms with Crippen LogP contribution in [0.1, 0.15) is 36.8 Å². The van der Waals surface area contributed by atoms with E-state index in [4.69, 9.17) is 0 Å². The smallest absolute Gasteiger partial charge is 0.132 e. The van der Waals surface area contributed by atoms with Crippen LogP contribution in [0, 0.1) is 12.8 Å². The number of Topliss-reactive ketones (excluding diaryl/α,β-unsaturated/α-hetero) is 1. The van der Waals surface area contributed by atoms with Gasteiger partial charge in [-0.3, -0.25) is 4.79 Å². The molecule has 1 aromatic carbocycles. The van der Waals surface area contributed by atoms with Gasteiger partial charge >= 0.3 is 0 Å². The summed E-state index contributed by atoms with van der Waals surface area (Å²) in [7, 11) is 0. The third-order valence-corrected chi connectivity index (χ3v) is 3.51. The van der Waals surface area contributed by atoms with Crippen LogP contribution in [0.3, 0.4) is 0 Å². The van der Waals surface area contributed by atoms with Crippen LogP contribution in [0.4, 0.5) is 0 Å². The van der Waals surface area contributed by atoms with Gasteiger partial charge < -0.3 is 5.32 Å². The lowest BCUT2D eigenvalue weighted by Gasteiger charge is -2.21. The van der Waals surface area contributed by atoms with E-state index in [0.717, 1.165) is 38.8 Å². The van der Waals surface area contributed by atoms with Crippen LogP contribution in [-0.2, 0) is 11.3 Å². The zero-order chi connectivity index (χ0) is 12.1. The average molecular weight is 231 g/mol. The lowest BCUT2D eigenvalue weighted by Crippen LogP contribution is -2.26. The maximum Gasteiger partial charge on any atom is 0.132 e. The van der Waals surface area contributed by atoms with Gasteiger partial charge in [0.15, 0.2) is 0 Å². The zero-order valence-electron chi connectivity index (χ0n) is 10.5. The second kappa shape index (κ2) is 5.97. The number of hydrogen-bond donors (Lipinski definition) is 1. The fraction of sp³-hybridized carbons (Fsp3) is 0.533. The van der Waals surface area contributed by atoms with E-state index < -0.39 is 0 Å². The van der Waals surface area contributed by atoms with Crippen molar-refractivity contribution in [2.45, 2.75) is 39.2 Å². The first-order chi connectivity index (χ1) is 8.24. The van der Waals surface area contributed by atoms with Crippen molar-refractivity contribution < 1.29 is 4.79 Å². The first kappa shape index (κ1) is 12.3. The summed E-state index contributed by atoms with van der Waals surface area (Å²) in [4.78, 5) is 11.1. The fourth-order valence-electron chi connectivity index (χ4n) is 2.45. The summed E-state index contributed by atoms with van der Waals surface area (Å²) in [6.45, 7) is 4.10. The Morgan fingerprint density at radius 2 is 2.06 bits per heavy atom. The number of ketones is 1. The maximum atomic E-state index is 11.1. The van der Waals surface area contributed by atoms with E-state index in [0.29, 0.717) is 11.7 Å². The number of benzene rings is 1. The third-order valence-electron chi connectivity index (χ3n) is 3.51. The largest absolute Gasteiger partial charge is 0.312 e. The number of nitrogens with one attached hydrogen (secondary N) is 1. The molecular weight excluding hydrogens is 210 g/mol. The topological polar surface area (TPSA) is 29.1 Å². The van der Waals surface area contributed by atoms with Crippen LogP contribution in [0.15, 0.2) is 24.3 Å². The van der Waals surface area contributed by atoms with E-state index in [9.17, 15) is 4.79 Å². The zero-order valence-corrected chi connectivity index (χ0v) is 10.5. The Labute approximate surface area is 103 Å². The molecule has 0 atom stereocenters. The van der Waals surface area contributed by atoms with Gasteiger partial charge in [0.05, 0.1) is 0 Å². The Morgan fingerprint density at radius 1 is 1.29 bits per heavy atom. The second-order valence-corrected chi connectivity index (χ2v) is 5.10. The van der Waals surface area contributed by atoms with Crippen molar-refractivity contribution in [3.63, 3.8) is 0 Å². The monoisotopic (exact) mass is 231 g/mol. The molecule has 2 nitrogen and oxygen atoms in total. The molecule has 0 spiro atoms. The summed E-state index contributed by atoms with van der Waals surface area (Å²) < 4.78 is 0. The van der Waals surface area contributed by atoms with Crippen molar-refractivity contribution in [1.29, 1.82) is 0 Å². The van der Waals surface area contributed by atoms with Gasteiger partial charge in [-0.2, -0.15) is 0 Å². The molecule has 0 radical (unpaired) electrons. The van der Waals surface area contributed by atoms with Crippen molar-refractivity contribution >= 4 is 5.78 Å². The van der Waals surface area contributed by atoms with Gasteiger partial charge in [0.25, 0.3) is 0 Å². The first-order valence-corrected chi connectivity index (χ1v) is 6.52. The Hall–Kier alpha value is -1.15. The Kier molecular flexibility index (Phi) is 4.32. The average Bonchev–Trinajstić information content (AvgIpc) is 2.32. The number of carbonyl (C=O) groups is 1. The van der Waals surface area contributed by atoms with Crippen molar-refractivity contribution in [1.82, 2.24) is 5.32 Å². The molecule has 0 saturated heterocycles. The van der Waals surface area contributed by atoms with Gasteiger partial charge in [-0.05, 0) is 37.8 Å². The lowest BCUT2D eigenvalue weighted by atomic mass is 9.88. The minimum Gasteiger partial charge on any atom is -0.312 e. The SMILES string of the molecule is Cc1cccc(CNCC2CCC(=O)CC2)c1. The van der Waals surface area contributed by atoms with Crippen LogP contribution in [0.2, 0.25) is 0 Å². The maximum absolute atomic E-state index is 11.1. The molecule has 0 unspecified atom stereocenters. The molecule has 1 fully saturated rings. The first-order valence-electron chi connectivity index (χ1n) is 6.52. The van der Waals surface area contributed by atoms with Gasteiger partial charge in [0, 0.05) is 19.4 Å². The van der Waals surface area contributed by atoms with Crippen LogP contribution in [-0.4, -0.2) is 12.3 Å². The lowest BCUT2D eigenvalue weighted by molar-refractivity contribution is -0.120. The highest BCUT2D eigenvalue weighted by molar-refractivity contribution is 5.79. The molecule has 1 saturated carbocycles. The predicted octanol–water partition coefficient (Wildman–Crippen LogP) is 2.84. The fourth-order valence-corrected chi connectivity index (χ4v) is 2.45. The molecule has 0 aliphatic heterocycles. The van der Waals surface area contributed by atoms with E-state index in [1.165, 1.54) is 11.1 Å². The molecule has 92 valence electrons. The summed E-state index contributed by atoms with van der Waals surface area (Å²) >= 11 is 0. The summed E-state index contributed by atoms with van der Waals surface area (Å²) in [5.41, 5.74) is 2.66. The highest BCUT2D eigenvalue weighted by atomic mass is 16.1. The van der Waals surface area contributed by atoms with E-state index >= 15 is 0 Å². The molecule has 0 amide bonds. The summed E-state index contributed by atoms with van der Waals surface area (Å²) in [5, 5.41) is 3.50. The van der Waals surface area contributed by atoms with Crippen LogP contribution in [0.25, 0.3) is 0 Å². The van der Waals surface area contributed by atoms with Crippen LogP contribution >= 0.6 is 0 Å². The summed E-state index contributed by atoms with van der Waals surface area (Å²) in [6, 6.07) is 8.60. The quantitative estimate of drug-likeness (QED) is 0.863. The van der Waals surface area contributed by atoms with Gasteiger partial charge in [0.1, 0.15) is 5.78 Å². The Bertz CT molecular complexity index is 376. The van der Waals surface area contributed by atoms with Crippen molar-refractivity contribution in [3.8, 4) is 0 Å². The molecule has 1 aromatic rings. The number of carbonyl (C=O) groups excluding carboxylic acids is 1. The standard InChI is InChI=1S/C15H21NO/c1-12-3-2-4-14(9-12)11-16-10-13-5-7-15(17)8-6-13/h2-4,9,13,16H,5-8,10-11H2,1H3. The molecular formula is C15H21NO. The van der Waals surface area contributed by atoms with Gasteiger partial charge in [-0.25, -0.2) is 0 Å². The molecule has 1 aliphatic rings. The molecule has 2 heteroatoms. The minimum atomic E-state index is 0.444. The highest BCUT2D eigenvalue weighted by Gasteiger charge is 2.17.